The molecule has 2 aromatic rings. The molecule has 0 saturated carbocycles. The SMILES string of the molecule is O=C(Nc1ccc(N2CCCCC2)cc1)C1CCCN(S(=O)(=O)CCCc2ccccc2)C1. The predicted octanol–water partition coefficient (Wildman–Crippen LogP) is 4.29. The molecule has 2 heterocycles. The molecule has 1 unspecified atom stereocenters. The van der Waals surface area contributed by atoms with Gasteiger partial charge in [0.2, 0.25) is 15.9 Å². The van der Waals surface area contributed by atoms with Crippen LogP contribution >= 0.6 is 0 Å². The second-order valence-corrected chi connectivity index (χ2v) is 11.3. The number of anilines is 2. The zero-order valence-corrected chi connectivity index (χ0v) is 20.1. The molecule has 33 heavy (non-hydrogen) atoms. The van der Waals surface area contributed by atoms with E-state index in [0.29, 0.717) is 25.8 Å². The van der Waals surface area contributed by atoms with Gasteiger partial charge in [0.15, 0.2) is 0 Å². The predicted molar refractivity (Wildman–Crippen MR) is 134 cm³/mol. The summed E-state index contributed by atoms with van der Waals surface area (Å²) in [7, 11) is -3.36. The van der Waals surface area contributed by atoms with Gasteiger partial charge in [0, 0.05) is 37.6 Å². The minimum absolute atomic E-state index is 0.0927. The smallest absolute Gasteiger partial charge is 0.228 e. The van der Waals surface area contributed by atoms with E-state index in [0.717, 1.165) is 30.8 Å². The van der Waals surface area contributed by atoms with Crippen molar-refractivity contribution in [2.24, 2.45) is 5.92 Å². The Morgan fingerprint density at radius 2 is 1.64 bits per heavy atom. The molecule has 6 nitrogen and oxygen atoms in total. The Labute approximate surface area is 198 Å². The number of hydrogen-bond acceptors (Lipinski definition) is 4. The lowest BCUT2D eigenvalue weighted by molar-refractivity contribution is -0.120. The quantitative estimate of drug-likeness (QED) is 0.626. The van der Waals surface area contributed by atoms with Crippen molar-refractivity contribution in [2.45, 2.75) is 44.9 Å². The summed E-state index contributed by atoms with van der Waals surface area (Å²) in [5, 5.41) is 3.00. The van der Waals surface area contributed by atoms with Crippen molar-refractivity contribution in [3.05, 3.63) is 60.2 Å². The minimum atomic E-state index is -3.36. The van der Waals surface area contributed by atoms with Crippen molar-refractivity contribution in [1.82, 2.24) is 4.31 Å². The van der Waals surface area contributed by atoms with Crippen molar-refractivity contribution in [2.75, 3.05) is 42.1 Å². The summed E-state index contributed by atoms with van der Waals surface area (Å²) < 4.78 is 27.3. The van der Waals surface area contributed by atoms with Crippen LogP contribution in [-0.4, -0.2) is 50.6 Å². The van der Waals surface area contributed by atoms with Crippen LogP contribution in [0.1, 0.15) is 44.1 Å². The van der Waals surface area contributed by atoms with Crippen molar-refractivity contribution < 1.29 is 13.2 Å². The molecular weight excluding hydrogens is 434 g/mol. The first-order valence-corrected chi connectivity index (χ1v) is 13.8. The van der Waals surface area contributed by atoms with Crippen LogP contribution in [0.15, 0.2) is 54.6 Å². The lowest BCUT2D eigenvalue weighted by Gasteiger charge is -2.31. The lowest BCUT2D eigenvalue weighted by atomic mass is 9.98. The molecule has 0 bridgehead atoms. The first-order chi connectivity index (χ1) is 16.0. The van der Waals surface area contributed by atoms with Crippen LogP contribution in [0.25, 0.3) is 0 Å². The molecule has 2 aliphatic rings. The Hall–Kier alpha value is -2.38. The maximum absolute atomic E-state index is 12.9. The van der Waals surface area contributed by atoms with Crippen LogP contribution < -0.4 is 10.2 Å². The average molecular weight is 470 g/mol. The number of nitrogens with zero attached hydrogens (tertiary/aromatic N) is 2. The molecule has 7 heteroatoms. The molecule has 2 aromatic carbocycles. The molecule has 1 amide bonds. The van der Waals surface area contributed by atoms with Gasteiger partial charge in [0.25, 0.3) is 0 Å². The van der Waals surface area contributed by atoms with Gasteiger partial charge >= 0.3 is 0 Å². The molecule has 0 spiro atoms. The van der Waals surface area contributed by atoms with E-state index in [2.05, 4.69) is 22.3 Å². The highest BCUT2D eigenvalue weighted by atomic mass is 32.2. The highest BCUT2D eigenvalue weighted by Gasteiger charge is 2.32. The number of sulfonamides is 1. The molecule has 0 aliphatic carbocycles. The standard InChI is InChI=1S/C26H35N3O3S/c30-26(27-24-13-15-25(16-14-24)28-17-5-2-6-18-28)23-12-7-19-29(21-23)33(31,32)20-8-11-22-9-3-1-4-10-22/h1,3-4,9-10,13-16,23H,2,5-8,11-12,17-21H2,(H,27,30). The van der Waals surface area contributed by atoms with Crippen LogP contribution in [0.3, 0.4) is 0 Å². The summed E-state index contributed by atoms with van der Waals surface area (Å²) in [6, 6.07) is 18.0. The highest BCUT2D eigenvalue weighted by Crippen LogP contribution is 2.24. The number of benzene rings is 2. The molecular formula is C26H35N3O3S. The molecule has 1 N–H and O–H groups in total. The number of aryl methyl sites for hydroxylation is 1. The van der Waals surface area contributed by atoms with E-state index in [1.165, 1.54) is 29.3 Å². The molecule has 0 aromatic heterocycles. The summed E-state index contributed by atoms with van der Waals surface area (Å²) in [4.78, 5) is 15.3. The maximum atomic E-state index is 12.9. The number of amides is 1. The monoisotopic (exact) mass is 469 g/mol. The molecule has 178 valence electrons. The zero-order chi connectivity index (χ0) is 23.1. The third-order valence-electron chi connectivity index (χ3n) is 6.71. The first kappa shape index (κ1) is 23.8. The molecule has 2 fully saturated rings. The van der Waals surface area contributed by atoms with Crippen molar-refractivity contribution >= 4 is 27.3 Å². The van der Waals surface area contributed by atoms with Crippen LogP contribution in [0.4, 0.5) is 11.4 Å². The molecule has 2 saturated heterocycles. The first-order valence-electron chi connectivity index (χ1n) is 12.2. The molecule has 2 aliphatic heterocycles. The zero-order valence-electron chi connectivity index (χ0n) is 19.3. The van der Waals surface area contributed by atoms with Crippen LogP contribution in [-0.2, 0) is 21.2 Å². The summed E-state index contributed by atoms with van der Waals surface area (Å²) in [6.45, 7) is 2.94. The van der Waals surface area contributed by atoms with Gasteiger partial charge in [-0.25, -0.2) is 12.7 Å². The second kappa shape index (κ2) is 11.2. The maximum Gasteiger partial charge on any atom is 0.228 e. The second-order valence-electron chi connectivity index (χ2n) is 9.19. The largest absolute Gasteiger partial charge is 0.372 e. The van der Waals surface area contributed by atoms with Crippen molar-refractivity contribution in [3.8, 4) is 0 Å². The summed E-state index contributed by atoms with van der Waals surface area (Å²) >= 11 is 0. The normalized spacial score (nSPS) is 19.9. The minimum Gasteiger partial charge on any atom is -0.372 e. The van der Waals surface area contributed by atoms with Crippen molar-refractivity contribution in [3.63, 3.8) is 0 Å². The summed E-state index contributed by atoms with van der Waals surface area (Å²) in [5.74, 6) is -0.289. The molecule has 1 atom stereocenters. The van der Waals surface area contributed by atoms with Gasteiger partial charge in [-0.2, -0.15) is 0 Å². The molecule has 0 radical (unpaired) electrons. The van der Waals surface area contributed by atoms with E-state index in [9.17, 15) is 13.2 Å². The average Bonchev–Trinajstić information content (AvgIpc) is 2.86. The van der Waals surface area contributed by atoms with E-state index >= 15 is 0 Å². The van der Waals surface area contributed by atoms with Gasteiger partial charge < -0.3 is 10.2 Å². The van der Waals surface area contributed by atoms with Gasteiger partial charge in [-0.15, -0.1) is 0 Å². The third kappa shape index (κ3) is 6.58. The van der Waals surface area contributed by atoms with Gasteiger partial charge in [-0.3, -0.25) is 4.79 Å². The topological polar surface area (TPSA) is 69.7 Å². The fraction of sp³-hybridized carbons (Fsp3) is 0.500. The number of rotatable bonds is 8. The van der Waals surface area contributed by atoms with Gasteiger partial charge in [-0.1, -0.05) is 30.3 Å². The van der Waals surface area contributed by atoms with Crippen LogP contribution in [0, 0.1) is 5.92 Å². The number of nitrogens with one attached hydrogen (secondary N) is 1. The van der Waals surface area contributed by atoms with Crippen molar-refractivity contribution in [1.29, 1.82) is 0 Å². The van der Waals surface area contributed by atoms with E-state index in [1.54, 1.807) is 0 Å². The third-order valence-corrected chi connectivity index (χ3v) is 8.64. The lowest BCUT2D eigenvalue weighted by Crippen LogP contribution is -2.44. The van der Waals surface area contributed by atoms with E-state index in [1.807, 2.05) is 42.5 Å². The summed E-state index contributed by atoms with van der Waals surface area (Å²) in [5.41, 5.74) is 3.11. The number of hydrogen-bond donors (Lipinski definition) is 1. The van der Waals surface area contributed by atoms with Crippen LogP contribution in [0.5, 0.6) is 0 Å². The Morgan fingerprint density at radius 1 is 0.909 bits per heavy atom. The van der Waals surface area contributed by atoms with E-state index in [-0.39, 0.29) is 24.1 Å². The van der Waals surface area contributed by atoms with Gasteiger partial charge in [0.05, 0.1) is 11.7 Å². The fourth-order valence-electron chi connectivity index (χ4n) is 4.79. The Kier molecular flexibility index (Phi) is 8.04. The number of piperidine rings is 2. The fourth-order valence-corrected chi connectivity index (χ4v) is 6.38. The molecule has 4 rings (SSSR count). The number of carbonyl (C=O) groups excluding carboxylic acids is 1. The number of carbonyl (C=O) groups is 1. The Morgan fingerprint density at radius 3 is 2.36 bits per heavy atom. The van der Waals surface area contributed by atoms with E-state index in [4.69, 9.17) is 0 Å². The highest BCUT2D eigenvalue weighted by molar-refractivity contribution is 7.89. The summed E-state index contributed by atoms with van der Waals surface area (Å²) in [6.07, 6.45) is 6.51. The Balaban J connectivity index is 1.28. The van der Waals surface area contributed by atoms with E-state index < -0.39 is 10.0 Å². The Bertz CT molecular complexity index is 1000. The van der Waals surface area contributed by atoms with Gasteiger partial charge in [0.1, 0.15) is 0 Å². The van der Waals surface area contributed by atoms with Gasteiger partial charge in [-0.05, 0) is 74.8 Å². The van der Waals surface area contributed by atoms with Crippen LogP contribution in [0.2, 0.25) is 0 Å².